The Morgan fingerprint density at radius 2 is 2.39 bits per heavy atom. The standard InChI is InChI=1S/C17H22ClN3OS/c1-12-8-17(16-14(3-6-22-17)7-15(18)23-16)4-5-21(12)11-13-9-19-20(2)10-13/h7,9-10,12H,3-6,8,11H2,1-2H3. The van der Waals surface area contributed by atoms with Gasteiger partial charge in [0.05, 0.1) is 17.1 Å². The quantitative estimate of drug-likeness (QED) is 0.828. The van der Waals surface area contributed by atoms with Crippen molar-refractivity contribution in [1.29, 1.82) is 0 Å². The van der Waals surface area contributed by atoms with Crippen LogP contribution in [0.25, 0.3) is 0 Å². The highest BCUT2D eigenvalue weighted by molar-refractivity contribution is 7.16. The number of piperidine rings is 1. The van der Waals surface area contributed by atoms with E-state index in [-0.39, 0.29) is 5.60 Å². The predicted octanol–water partition coefficient (Wildman–Crippen LogP) is 3.59. The van der Waals surface area contributed by atoms with Crippen LogP contribution >= 0.6 is 22.9 Å². The van der Waals surface area contributed by atoms with Gasteiger partial charge in [0.25, 0.3) is 0 Å². The molecule has 2 unspecified atom stereocenters. The molecular weight excluding hydrogens is 330 g/mol. The topological polar surface area (TPSA) is 30.3 Å². The average Bonchev–Trinajstić information content (AvgIpc) is 3.08. The predicted molar refractivity (Wildman–Crippen MR) is 93.0 cm³/mol. The van der Waals surface area contributed by atoms with Gasteiger partial charge in [-0.25, -0.2) is 0 Å². The maximum atomic E-state index is 6.33. The largest absolute Gasteiger partial charge is 0.369 e. The fraction of sp³-hybridized carbons (Fsp3) is 0.588. The second-order valence-electron chi connectivity index (χ2n) is 6.79. The lowest BCUT2D eigenvalue weighted by Crippen LogP contribution is -2.49. The van der Waals surface area contributed by atoms with Gasteiger partial charge in [-0.1, -0.05) is 11.6 Å². The zero-order valence-electron chi connectivity index (χ0n) is 13.6. The Bertz CT molecular complexity index is 713. The summed E-state index contributed by atoms with van der Waals surface area (Å²) in [4.78, 5) is 3.91. The first-order valence-corrected chi connectivity index (χ1v) is 9.39. The third-order valence-corrected chi connectivity index (χ3v) is 6.63. The number of rotatable bonds is 2. The Kier molecular flexibility index (Phi) is 4.00. The molecule has 4 rings (SSSR count). The number of aryl methyl sites for hydroxylation is 1. The van der Waals surface area contributed by atoms with E-state index in [4.69, 9.17) is 16.3 Å². The molecule has 2 aromatic rings. The summed E-state index contributed by atoms with van der Waals surface area (Å²) >= 11 is 7.99. The average molecular weight is 352 g/mol. The number of ether oxygens (including phenoxy) is 1. The van der Waals surface area contributed by atoms with Crippen molar-refractivity contribution in [2.75, 3.05) is 13.2 Å². The number of fused-ring (bicyclic) bond motifs is 2. The van der Waals surface area contributed by atoms with Gasteiger partial charge < -0.3 is 4.74 Å². The molecule has 2 aliphatic rings. The maximum Gasteiger partial charge on any atom is 0.105 e. The van der Waals surface area contributed by atoms with Crippen molar-refractivity contribution in [2.24, 2.45) is 7.05 Å². The molecule has 0 aliphatic carbocycles. The van der Waals surface area contributed by atoms with Gasteiger partial charge >= 0.3 is 0 Å². The molecule has 124 valence electrons. The number of aromatic nitrogens is 2. The van der Waals surface area contributed by atoms with Gasteiger partial charge in [0.15, 0.2) is 0 Å². The van der Waals surface area contributed by atoms with Crippen LogP contribution in [0.4, 0.5) is 0 Å². The lowest BCUT2D eigenvalue weighted by atomic mass is 9.82. The number of hydrogen-bond donors (Lipinski definition) is 0. The lowest BCUT2D eigenvalue weighted by molar-refractivity contribution is -0.110. The van der Waals surface area contributed by atoms with Crippen LogP contribution in [-0.2, 0) is 30.4 Å². The zero-order chi connectivity index (χ0) is 16.0. The van der Waals surface area contributed by atoms with Gasteiger partial charge in [-0.05, 0) is 37.8 Å². The maximum absolute atomic E-state index is 6.33. The fourth-order valence-corrected chi connectivity index (χ4v) is 5.48. The Morgan fingerprint density at radius 1 is 1.52 bits per heavy atom. The van der Waals surface area contributed by atoms with Gasteiger partial charge in [0.2, 0.25) is 0 Å². The van der Waals surface area contributed by atoms with Gasteiger partial charge in [-0.2, -0.15) is 5.10 Å². The smallest absolute Gasteiger partial charge is 0.105 e. The number of likely N-dealkylation sites (tertiary alicyclic amines) is 1. The summed E-state index contributed by atoms with van der Waals surface area (Å²) in [6.45, 7) is 5.13. The summed E-state index contributed by atoms with van der Waals surface area (Å²) in [5, 5.41) is 4.28. The summed E-state index contributed by atoms with van der Waals surface area (Å²) < 4.78 is 9.09. The van der Waals surface area contributed by atoms with Crippen LogP contribution in [0.1, 0.15) is 35.8 Å². The van der Waals surface area contributed by atoms with Gasteiger partial charge in [0, 0.05) is 42.8 Å². The highest BCUT2D eigenvalue weighted by Crippen LogP contribution is 2.48. The van der Waals surface area contributed by atoms with E-state index in [9.17, 15) is 0 Å². The van der Waals surface area contributed by atoms with Crippen molar-refractivity contribution >= 4 is 22.9 Å². The van der Waals surface area contributed by atoms with Crippen LogP contribution in [0, 0.1) is 0 Å². The molecular formula is C17H22ClN3OS. The molecule has 0 amide bonds. The third-order valence-electron chi connectivity index (χ3n) is 5.14. The van der Waals surface area contributed by atoms with E-state index in [1.54, 1.807) is 11.3 Å². The number of halogens is 1. The first-order valence-electron chi connectivity index (χ1n) is 8.20. The highest BCUT2D eigenvalue weighted by atomic mass is 35.5. The highest BCUT2D eigenvalue weighted by Gasteiger charge is 2.44. The number of hydrogen-bond acceptors (Lipinski definition) is 4. The fourth-order valence-electron chi connectivity index (χ4n) is 4.00. The van der Waals surface area contributed by atoms with Crippen LogP contribution in [0.2, 0.25) is 4.34 Å². The van der Waals surface area contributed by atoms with Gasteiger partial charge in [0.1, 0.15) is 5.60 Å². The Hall–Kier alpha value is -0.880. The van der Waals surface area contributed by atoms with Crippen molar-refractivity contribution in [3.05, 3.63) is 38.8 Å². The normalized spacial score (nSPS) is 28.2. The Balaban J connectivity index is 1.53. The van der Waals surface area contributed by atoms with Crippen molar-refractivity contribution < 1.29 is 4.74 Å². The van der Waals surface area contributed by atoms with Crippen LogP contribution < -0.4 is 0 Å². The van der Waals surface area contributed by atoms with Crippen molar-refractivity contribution in [1.82, 2.24) is 14.7 Å². The van der Waals surface area contributed by atoms with E-state index >= 15 is 0 Å². The van der Waals surface area contributed by atoms with E-state index in [2.05, 4.69) is 29.2 Å². The summed E-state index contributed by atoms with van der Waals surface area (Å²) in [5.41, 5.74) is 2.56. The van der Waals surface area contributed by atoms with Gasteiger partial charge in [-0.15, -0.1) is 11.3 Å². The minimum absolute atomic E-state index is 0.115. The minimum Gasteiger partial charge on any atom is -0.369 e. The molecule has 23 heavy (non-hydrogen) atoms. The van der Waals surface area contributed by atoms with E-state index in [1.165, 1.54) is 16.0 Å². The van der Waals surface area contributed by atoms with E-state index in [0.29, 0.717) is 6.04 Å². The van der Waals surface area contributed by atoms with Gasteiger partial charge in [-0.3, -0.25) is 9.58 Å². The first kappa shape index (κ1) is 15.6. The van der Waals surface area contributed by atoms with Crippen LogP contribution in [0.3, 0.4) is 0 Å². The zero-order valence-corrected chi connectivity index (χ0v) is 15.2. The summed E-state index contributed by atoms with van der Waals surface area (Å²) in [7, 11) is 1.97. The Morgan fingerprint density at radius 3 is 3.13 bits per heavy atom. The first-order chi connectivity index (χ1) is 11.1. The monoisotopic (exact) mass is 351 g/mol. The molecule has 1 spiro atoms. The number of nitrogens with zero attached hydrogens (tertiary/aromatic N) is 3. The molecule has 0 aromatic carbocycles. The molecule has 0 bridgehead atoms. The minimum atomic E-state index is -0.115. The second kappa shape index (κ2) is 5.88. The summed E-state index contributed by atoms with van der Waals surface area (Å²) in [6.07, 6.45) is 7.14. The third kappa shape index (κ3) is 2.84. The lowest BCUT2D eigenvalue weighted by Gasteiger charge is -2.47. The Labute approximate surface area is 146 Å². The molecule has 4 nitrogen and oxygen atoms in total. The van der Waals surface area contributed by atoms with E-state index in [1.807, 2.05) is 17.9 Å². The van der Waals surface area contributed by atoms with E-state index in [0.717, 1.165) is 43.3 Å². The van der Waals surface area contributed by atoms with Crippen molar-refractivity contribution in [2.45, 2.75) is 44.4 Å². The van der Waals surface area contributed by atoms with Crippen molar-refractivity contribution in [3.8, 4) is 0 Å². The molecule has 0 radical (unpaired) electrons. The summed E-state index contributed by atoms with van der Waals surface area (Å²) in [6, 6.07) is 2.62. The molecule has 1 saturated heterocycles. The molecule has 2 aliphatic heterocycles. The number of thiophene rings is 1. The molecule has 1 fully saturated rings. The summed E-state index contributed by atoms with van der Waals surface area (Å²) in [5.74, 6) is 0. The SMILES string of the molecule is CC1CC2(CCN1Cc1cnn(C)c1)OCCc1cc(Cl)sc12. The molecule has 0 saturated carbocycles. The van der Waals surface area contributed by atoms with E-state index < -0.39 is 0 Å². The molecule has 0 N–H and O–H groups in total. The molecule has 2 aromatic heterocycles. The molecule has 6 heteroatoms. The van der Waals surface area contributed by atoms with Crippen molar-refractivity contribution in [3.63, 3.8) is 0 Å². The van der Waals surface area contributed by atoms with Crippen LogP contribution in [-0.4, -0.2) is 33.9 Å². The van der Waals surface area contributed by atoms with Crippen LogP contribution in [0.15, 0.2) is 18.5 Å². The second-order valence-corrected chi connectivity index (χ2v) is 8.48. The van der Waals surface area contributed by atoms with Crippen LogP contribution in [0.5, 0.6) is 0 Å². The molecule has 2 atom stereocenters. The molecule has 4 heterocycles.